The van der Waals surface area contributed by atoms with Crippen molar-refractivity contribution in [2.45, 2.75) is 116 Å². The van der Waals surface area contributed by atoms with Crippen molar-refractivity contribution in [1.82, 2.24) is 40.5 Å². The lowest BCUT2D eigenvalue weighted by Crippen LogP contribution is -2.64. The Balaban J connectivity index is 1.22. The summed E-state index contributed by atoms with van der Waals surface area (Å²) in [6.45, 7) is 15.7. The maximum atomic E-state index is 15.1. The van der Waals surface area contributed by atoms with Gasteiger partial charge in [0, 0.05) is 104 Å². The highest BCUT2D eigenvalue weighted by Crippen LogP contribution is 2.43. The van der Waals surface area contributed by atoms with E-state index in [1.54, 1.807) is 13.3 Å². The molecule has 6 bridgehead atoms. The summed E-state index contributed by atoms with van der Waals surface area (Å²) in [5.74, 6) is 5.44. The molecule has 0 unspecified atom stereocenters. The molecule has 4 fully saturated rings. The molecule has 394 valence electrons. The summed E-state index contributed by atoms with van der Waals surface area (Å²) in [5, 5.41) is 21.0. The molecule has 5 aliphatic heterocycles. The molecule has 4 saturated heterocycles. The third kappa shape index (κ3) is 12.2. The van der Waals surface area contributed by atoms with Gasteiger partial charge in [-0.3, -0.25) is 29.3 Å². The first-order valence-electron chi connectivity index (χ1n) is 26.0. The second kappa shape index (κ2) is 23.8. The van der Waals surface area contributed by atoms with Crippen LogP contribution in [0.1, 0.15) is 94.3 Å². The second-order valence-corrected chi connectivity index (χ2v) is 21.6. The topological polar surface area (TPSA) is 200 Å². The number of esters is 1. The summed E-state index contributed by atoms with van der Waals surface area (Å²) in [6.07, 6.45) is 3.98. The number of nitrogens with one attached hydrogen (secondary N) is 3. The van der Waals surface area contributed by atoms with Gasteiger partial charge in [-0.2, -0.15) is 0 Å². The molecular weight excluding hydrogens is 953 g/mol. The minimum atomic E-state index is -1.08. The predicted molar refractivity (Wildman–Crippen MR) is 275 cm³/mol. The molecule has 2 amide bonds. The fourth-order valence-electron chi connectivity index (χ4n) is 10.5. The Morgan fingerprint density at radius 3 is 2.62 bits per heavy atom. The Kier molecular flexibility index (Phi) is 17.3. The number of rotatable bonds is 13. The largest absolute Gasteiger partial charge is 0.464 e. The summed E-state index contributed by atoms with van der Waals surface area (Å²) >= 11 is 1.46. The minimum Gasteiger partial charge on any atom is -0.464 e. The first-order valence-corrected chi connectivity index (χ1v) is 26.9. The number of cyclic esters (lactones) is 1. The molecule has 73 heavy (non-hydrogen) atoms. The number of hydrogen-bond donors (Lipinski definition) is 4. The molecule has 0 radical (unpaired) electrons. The molecule has 3 aromatic heterocycles. The number of hydrogen-bond acceptors (Lipinski definition) is 16. The van der Waals surface area contributed by atoms with E-state index in [2.05, 4.69) is 75.5 Å². The SMILES string of the molecule is CO[C@@H](C)c1ncc(C#C[C@@H](C)NCCO)cc1-c1c2c3cc(ccc3n1CCOC1CCOCC1)-c1csc(n1)[C@@H](N1CCOCC1)[C@H](NC(=O)[C@H]1OC[C@@H]1C)C(=O)N1CCC[C@H](N1)C(=O)OCC(C)(C)C2. The van der Waals surface area contributed by atoms with E-state index in [0.717, 1.165) is 63.1 Å². The molecule has 7 atom stereocenters. The van der Waals surface area contributed by atoms with E-state index >= 15 is 4.79 Å². The van der Waals surface area contributed by atoms with Crippen LogP contribution >= 0.6 is 11.3 Å². The zero-order valence-corrected chi connectivity index (χ0v) is 43.9. The smallest absolute Gasteiger partial charge is 0.324 e. The molecule has 9 rings (SSSR count). The minimum absolute atomic E-state index is 0.00753. The summed E-state index contributed by atoms with van der Waals surface area (Å²) in [4.78, 5) is 55.9. The highest BCUT2D eigenvalue weighted by molar-refractivity contribution is 7.10. The van der Waals surface area contributed by atoms with Crippen LogP contribution in [0.25, 0.3) is 33.4 Å². The maximum absolute atomic E-state index is 15.1. The average molecular weight is 1030 g/mol. The van der Waals surface area contributed by atoms with Crippen molar-refractivity contribution >= 4 is 40.0 Å². The van der Waals surface area contributed by atoms with Crippen LogP contribution in [0, 0.1) is 23.2 Å². The molecule has 19 heteroatoms. The van der Waals surface area contributed by atoms with Gasteiger partial charge in [-0.1, -0.05) is 38.7 Å². The molecule has 0 spiro atoms. The highest BCUT2D eigenvalue weighted by atomic mass is 32.1. The van der Waals surface area contributed by atoms with Crippen LogP contribution in [0.2, 0.25) is 0 Å². The molecule has 4 aromatic rings. The van der Waals surface area contributed by atoms with Gasteiger partial charge in [-0.25, -0.2) is 10.4 Å². The Morgan fingerprint density at radius 1 is 1.08 bits per heavy atom. The van der Waals surface area contributed by atoms with Crippen LogP contribution in [0.3, 0.4) is 0 Å². The number of ether oxygens (including phenoxy) is 6. The maximum Gasteiger partial charge on any atom is 0.324 e. The number of nitrogens with zero attached hydrogens (tertiary/aromatic N) is 5. The van der Waals surface area contributed by atoms with Gasteiger partial charge in [0.2, 0.25) is 5.91 Å². The molecule has 1 aromatic carbocycles. The van der Waals surface area contributed by atoms with Gasteiger partial charge in [0.25, 0.3) is 5.91 Å². The van der Waals surface area contributed by atoms with Gasteiger partial charge in [0.15, 0.2) is 0 Å². The van der Waals surface area contributed by atoms with Crippen molar-refractivity contribution in [1.29, 1.82) is 0 Å². The third-order valence-corrected chi connectivity index (χ3v) is 15.5. The first kappa shape index (κ1) is 53.0. The fraction of sp³-hybridized carbons (Fsp3) is 0.611. The quantitative estimate of drug-likeness (QED) is 0.107. The van der Waals surface area contributed by atoms with E-state index in [1.165, 1.54) is 16.3 Å². The van der Waals surface area contributed by atoms with E-state index in [4.69, 9.17) is 38.4 Å². The van der Waals surface area contributed by atoms with Crippen molar-refractivity contribution in [2.24, 2.45) is 11.3 Å². The van der Waals surface area contributed by atoms with Crippen molar-refractivity contribution in [3.8, 4) is 34.4 Å². The monoisotopic (exact) mass is 1020 g/mol. The average Bonchev–Trinajstić information content (AvgIpc) is 4.00. The van der Waals surface area contributed by atoms with Crippen LogP contribution in [0.15, 0.2) is 35.8 Å². The molecule has 0 saturated carbocycles. The van der Waals surface area contributed by atoms with Gasteiger partial charge in [-0.15, -0.1) is 11.3 Å². The van der Waals surface area contributed by atoms with Gasteiger partial charge in [-0.05, 0) is 69.7 Å². The van der Waals surface area contributed by atoms with Crippen molar-refractivity contribution in [3.05, 3.63) is 57.7 Å². The van der Waals surface area contributed by atoms with Gasteiger partial charge in [0.05, 0.1) is 81.0 Å². The standard InChI is InChI=1S/C54H72N8O10S/c1-33-30-71-49(33)50(64)58-46-48(60-17-23-69-24-18-60)51-57-43(31-73-51)37-11-12-44-39(27-37)41(28-54(4,5)32-72-53(66)42-8-7-16-62(59-42)52(46)65)47(61(44)19-25-70-38-13-21-68-22-14-38)40-26-36(10-9-34(2)55-15-20-63)29-56-45(40)35(3)67-6/h11-12,26-27,29,31,33-35,38,42,46,48-49,55,59,63H,7-8,13-25,28,30,32H2,1-6H3,(H,58,64)/t33-,34+,35-,42-,46-,48-,49-/m0/s1. The number of hydrazine groups is 1. The Morgan fingerprint density at radius 2 is 1.88 bits per heavy atom. The van der Waals surface area contributed by atoms with Gasteiger partial charge >= 0.3 is 5.97 Å². The predicted octanol–water partition coefficient (Wildman–Crippen LogP) is 4.57. The normalized spacial score (nSPS) is 25.0. The summed E-state index contributed by atoms with van der Waals surface area (Å²) in [6, 6.07) is 5.82. The molecule has 0 aliphatic carbocycles. The van der Waals surface area contributed by atoms with Crippen LogP contribution in [0.5, 0.6) is 0 Å². The fourth-order valence-corrected chi connectivity index (χ4v) is 11.5. The Labute approximate surface area is 432 Å². The number of fused-ring (bicyclic) bond motifs is 6. The van der Waals surface area contributed by atoms with Crippen LogP contribution in [-0.2, 0) is 55.8 Å². The lowest BCUT2D eigenvalue weighted by Gasteiger charge is -2.42. The number of methoxy groups -OCH3 is 1. The Hall–Kier alpha value is -4.85. The number of thiazole rings is 1. The number of pyridine rings is 1. The number of aliphatic hydroxyl groups excluding tert-OH is 1. The lowest BCUT2D eigenvalue weighted by atomic mass is 9.84. The molecular formula is C54H72N8O10S. The lowest BCUT2D eigenvalue weighted by molar-refractivity contribution is -0.163. The van der Waals surface area contributed by atoms with Crippen molar-refractivity contribution in [2.75, 3.05) is 86.1 Å². The van der Waals surface area contributed by atoms with Crippen molar-refractivity contribution in [3.63, 3.8) is 0 Å². The third-order valence-electron chi connectivity index (χ3n) is 14.6. The molecule has 8 heterocycles. The van der Waals surface area contributed by atoms with E-state index in [0.29, 0.717) is 96.6 Å². The van der Waals surface area contributed by atoms with Gasteiger partial charge in [0.1, 0.15) is 23.2 Å². The molecule has 18 nitrogen and oxygen atoms in total. The van der Waals surface area contributed by atoms with E-state index in [-0.39, 0.29) is 49.2 Å². The molecule has 4 N–H and O–H groups in total. The summed E-state index contributed by atoms with van der Waals surface area (Å²) in [5.41, 5.74) is 9.52. The van der Waals surface area contributed by atoms with E-state index in [1.807, 2.05) is 26.2 Å². The number of aromatic nitrogens is 3. The zero-order valence-electron chi connectivity index (χ0n) is 43.1. The molecule has 5 aliphatic rings. The first-order chi connectivity index (χ1) is 35.3. The number of benzene rings is 1. The highest BCUT2D eigenvalue weighted by Gasteiger charge is 2.45. The van der Waals surface area contributed by atoms with Crippen LogP contribution < -0.4 is 16.1 Å². The Bertz CT molecular complexity index is 2650. The second-order valence-electron chi connectivity index (χ2n) is 20.7. The van der Waals surface area contributed by atoms with E-state index < -0.39 is 35.6 Å². The van der Waals surface area contributed by atoms with Crippen LogP contribution in [-0.4, -0.2) is 164 Å². The van der Waals surface area contributed by atoms with Crippen molar-refractivity contribution < 1.29 is 47.9 Å². The van der Waals surface area contributed by atoms with Gasteiger partial charge < -0.3 is 48.7 Å². The zero-order chi connectivity index (χ0) is 51.2. The van der Waals surface area contributed by atoms with E-state index in [9.17, 15) is 14.7 Å². The number of amides is 2. The van der Waals surface area contributed by atoms with Crippen LogP contribution in [0.4, 0.5) is 0 Å². The number of carbonyl (C=O) groups excluding carboxylic acids is 3. The summed E-state index contributed by atoms with van der Waals surface area (Å²) in [7, 11) is 1.68. The number of carbonyl (C=O) groups is 3. The number of morpholine rings is 1. The number of aliphatic hydroxyl groups is 1. The summed E-state index contributed by atoms with van der Waals surface area (Å²) < 4.78 is 38.4.